The monoisotopic (exact) mass is 313 g/mol. The molecule has 0 unspecified atom stereocenters. The third-order valence-electron chi connectivity index (χ3n) is 2.91. The number of carbonyl (C=O) groups is 1. The van der Waals surface area contributed by atoms with E-state index in [2.05, 4.69) is 15.8 Å². The Balaban J connectivity index is 1.75. The zero-order valence-electron chi connectivity index (χ0n) is 12.8. The number of hydrazone groups is 1. The predicted molar refractivity (Wildman–Crippen MR) is 89.9 cm³/mol. The molecule has 2 rings (SSSR count). The van der Waals surface area contributed by atoms with Gasteiger partial charge in [-0.05, 0) is 61.0 Å². The van der Waals surface area contributed by atoms with E-state index < -0.39 is 0 Å². The molecule has 0 saturated carbocycles. The molecule has 0 saturated heterocycles. The average molecular weight is 313 g/mol. The van der Waals surface area contributed by atoms with Gasteiger partial charge in [0.25, 0.3) is 5.91 Å². The van der Waals surface area contributed by atoms with Crippen LogP contribution in [0.3, 0.4) is 0 Å². The fourth-order valence-corrected chi connectivity index (χ4v) is 1.80. The van der Waals surface area contributed by atoms with Crippen LogP contribution in [0.1, 0.15) is 12.5 Å². The fraction of sp³-hybridized carbons (Fsp3) is 0.176. The number of carbonyl (C=O) groups excluding carboxylic acids is 1. The molecule has 0 aliphatic heterocycles. The second-order valence-corrected chi connectivity index (χ2v) is 4.70. The van der Waals surface area contributed by atoms with Gasteiger partial charge in [-0.3, -0.25) is 4.79 Å². The molecule has 3 N–H and O–H groups in total. The highest BCUT2D eigenvalue weighted by molar-refractivity contribution is 5.84. The second-order valence-electron chi connectivity index (χ2n) is 4.70. The van der Waals surface area contributed by atoms with Crippen molar-refractivity contribution in [3.8, 4) is 11.5 Å². The number of benzene rings is 2. The lowest BCUT2D eigenvalue weighted by Crippen LogP contribution is -2.25. The quantitative estimate of drug-likeness (QED) is 0.541. The van der Waals surface area contributed by atoms with E-state index in [0.717, 1.165) is 17.0 Å². The molecule has 0 fully saturated rings. The molecule has 0 atom stereocenters. The molecule has 2 aromatic carbocycles. The Morgan fingerprint density at radius 3 is 2.52 bits per heavy atom. The minimum Gasteiger partial charge on any atom is -0.508 e. The number of aromatic hydroxyl groups is 1. The first kappa shape index (κ1) is 16.4. The number of ether oxygens (including phenoxy) is 1. The Morgan fingerprint density at radius 2 is 1.87 bits per heavy atom. The van der Waals surface area contributed by atoms with E-state index in [0.29, 0.717) is 6.61 Å². The van der Waals surface area contributed by atoms with E-state index in [1.54, 1.807) is 24.3 Å². The molecule has 23 heavy (non-hydrogen) atoms. The van der Waals surface area contributed by atoms with Crippen molar-refractivity contribution in [1.82, 2.24) is 5.43 Å². The molecule has 1 amide bonds. The number of anilines is 1. The molecule has 120 valence electrons. The number of hydrogen-bond donors (Lipinski definition) is 3. The van der Waals surface area contributed by atoms with Gasteiger partial charge in [-0.25, -0.2) is 5.43 Å². The molecule has 0 aromatic heterocycles. The van der Waals surface area contributed by atoms with Crippen LogP contribution in [-0.2, 0) is 4.79 Å². The van der Waals surface area contributed by atoms with Crippen LogP contribution in [0.15, 0.2) is 53.6 Å². The molecule has 6 heteroatoms. The van der Waals surface area contributed by atoms with Crippen LogP contribution in [0.25, 0.3) is 0 Å². The van der Waals surface area contributed by atoms with Crippen molar-refractivity contribution in [2.24, 2.45) is 5.10 Å². The van der Waals surface area contributed by atoms with Gasteiger partial charge in [-0.1, -0.05) is 0 Å². The summed E-state index contributed by atoms with van der Waals surface area (Å²) in [5.74, 6) is 0.723. The summed E-state index contributed by atoms with van der Waals surface area (Å²) in [5.41, 5.74) is 4.03. The maximum atomic E-state index is 11.7. The van der Waals surface area contributed by atoms with E-state index in [-0.39, 0.29) is 18.2 Å². The van der Waals surface area contributed by atoms with Crippen molar-refractivity contribution < 1.29 is 14.6 Å². The van der Waals surface area contributed by atoms with Crippen LogP contribution >= 0.6 is 0 Å². The zero-order chi connectivity index (χ0) is 16.5. The number of hydrogen-bond acceptors (Lipinski definition) is 5. The second kappa shape index (κ2) is 8.43. The Hall–Kier alpha value is -3.02. The smallest absolute Gasteiger partial charge is 0.259 e. The Labute approximate surface area is 134 Å². The predicted octanol–water partition coefficient (Wildman–Crippen LogP) is 2.35. The van der Waals surface area contributed by atoms with E-state index in [1.165, 1.54) is 6.21 Å². The van der Waals surface area contributed by atoms with Crippen molar-refractivity contribution in [2.75, 3.05) is 18.5 Å². The van der Waals surface area contributed by atoms with E-state index in [4.69, 9.17) is 9.84 Å². The van der Waals surface area contributed by atoms with Crippen LogP contribution in [0.5, 0.6) is 11.5 Å². The highest BCUT2D eigenvalue weighted by Crippen LogP contribution is 2.15. The Bertz CT molecular complexity index is 652. The van der Waals surface area contributed by atoms with Crippen molar-refractivity contribution in [3.05, 3.63) is 54.1 Å². The van der Waals surface area contributed by atoms with Crippen molar-refractivity contribution >= 4 is 17.8 Å². The van der Waals surface area contributed by atoms with Gasteiger partial charge in [0, 0.05) is 5.69 Å². The lowest BCUT2D eigenvalue weighted by molar-refractivity contribution is -0.119. The molecular formula is C17H19N3O3. The molecule has 6 nitrogen and oxygen atoms in total. The highest BCUT2D eigenvalue weighted by Gasteiger charge is 2.00. The van der Waals surface area contributed by atoms with Crippen LogP contribution in [0.4, 0.5) is 5.69 Å². The first-order valence-corrected chi connectivity index (χ1v) is 7.25. The number of nitrogens with one attached hydrogen (secondary N) is 2. The zero-order valence-corrected chi connectivity index (χ0v) is 12.8. The van der Waals surface area contributed by atoms with Gasteiger partial charge >= 0.3 is 0 Å². The summed E-state index contributed by atoms with van der Waals surface area (Å²) >= 11 is 0. The molecule has 0 aliphatic carbocycles. The lowest BCUT2D eigenvalue weighted by Gasteiger charge is -2.07. The maximum Gasteiger partial charge on any atom is 0.259 e. The normalized spacial score (nSPS) is 10.5. The van der Waals surface area contributed by atoms with Gasteiger partial charge in [0.15, 0.2) is 0 Å². The molecule has 0 spiro atoms. The number of nitrogens with zero attached hydrogens (tertiary/aromatic N) is 1. The number of phenols is 1. The maximum absolute atomic E-state index is 11.7. The first-order valence-electron chi connectivity index (χ1n) is 7.25. The van der Waals surface area contributed by atoms with E-state index in [9.17, 15) is 4.79 Å². The third-order valence-corrected chi connectivity index (χ3v) is 2.91. The Morgan fingerprint density at radius 1 is 1.17 bits per heavy atom. The number of phenolic OH excluding ortho intramolecular Hbond substituents is 1. The van der Waals surface area contributed by atoms with Crippen molar-refractivity contribution in [3.63, 3.8) is 0 Å². The molecule has 0 aliphatic rings. The molecule has 0 heterocycles. The minimum absolute atomic E-state index is 0.112. The lowest BCUT2D eigenvalue weighted by atomic mass is 10.2. The van der Waals surface area contributed by atoms with Crippen LogP contribution in [0, 0.1) is 0 Å². The van der Waals surface area contributed by atoms with Gasteiger partial charge in [-0.15, -0.1) is 0 Å². The average Bonchev–Trinajstić information content (AvgIpc) is 2.56. The number of amides is 1. The summed E-state index contributed by atoms with van der Waals surface area (Å²) in [6, 6.07) is 13.9. The van der Waals surface area contributed by atoms with Crippen molar-refractivity contribution in [1.29, 1.82) is 0 Å². The largest absolute Gasteiger partial charge is 0.508 e. The number of rotatable bonds is 7. The van der Waals surface area contributed by atoms with Gasteiger partial charge in [0.2, 0.25) is 0 Å². The fourth-order valence-electron chi connectivity index (χ4n) is 1.80. The Kier molecular flexibility index (Phi) is 5.99. The summed E-state index contributed by atoms with van der Waals surface area (Å²) in [5, 5.41) is 16.0. The molecular weight excluding hydrogens is 294 g/mol. The molecule has 2 aromatic rings. The topological polar surface area (TPSA) is 83.0 Å². The standard InChI is InChI=1S/C17H19N3O3/c1-2-23-16-9-5-14(6-10-16)18-12-17(22)20-19-11-13-3-7-15(21)8-4-13/h3-11,18,21H,2,12H2,1H3,(H,20,22)/b19-11-. The first-order chi connectivity index (χ1) is 11.2. The van der Waals surface area contributed by atoms with E-state index in [1.807, 2.05) is 31.2 Å². The summed E-state index contributed by atoms with van der Waals surface area (Å²) in [6.07, 6.45) is 1.51. The van der Waals surface area contributed by atoms with Gasteiger partial charge in [0.1, 0.15) is 11.5 Å². The summed E-state index contributed by atoms with van der Waals surface area (Å²) in [4.78, 5) is 11.7. The summed E-state index contributed by atoms with van der Waals surface area (Å²) in [7, 11) is 0. The third kappa shape index (κ3) is 5.70. The summed E-state index contributed by atoms with van der Waals surface area (Å²) < 4.78 is 5.35. The summed E-state index contributed by atoms with van der Waals surface area (Å²) in [6.45, 7) is 2.66. The van der Waals surface area contributed by atoms with Crippen LogP contribution < -0.4 is 15.5 Å². The van der Waals surface area contributed by atoms with Gasteiger partial charge in [-0.2, -0.15) is 5.10 Å². The van der Waals surface area contributed by atoms with Gasteiger partial charge < -0.3 is 15.2 Å². The molecule has 0 bridgehead atoms. The minimum atomic E-state index is -0.256. The van der Waals surface area contributed by atoms with Gasteiger partial charge in [0.05, 0.1) is 19.4 Å². The van der Waals surface area contributed by atoms with Crippen molar-refractivity contribution in [2.45, 2.75) is 6.92 Å². The van der Waals surface area contributed by atoms with Crippen LogP contribution in [0.2, 0.25) is 0 Å². The molecule has 0 radical (unpaired) electrons. The van der Waals surface area contributed by atoms with Crippen LogP contribution in [-0.4, -0.2) is 30.4 Å². The SMILES string of the molecule is CCOc1ccc(NCC(=O)N/N=C\c2ccc(O)cc2)cc1. The highest BCUT2D eigenvalue weighted by atomic mass is 16.5. The van der Waals surface area contributed by atoms with E-state index >= 15 is 0 Å².